The van der Waals surface area contributed by atoms with Gasteiger partial charge in [-0.15, -0.1) is 10.2 Å². The number of rotatable bonds is 8. The number of fused-ring (bicyclic) bond motifs is 1. The Bertz CT molecular complexity index is 1430. The Morgan fingerprint density at radius 2 is 2.00 bits per heavy atom. The van der Waals surface area contributed by atoms with Crippen molar-refractivity contribution in [3.63, 3.8) is 0 Å². The summed E-state index contributed by atoms with van der Waals surface area (Å²) in [6.45, 7) is 2.09. The van der Waals surface area contributed by atoms with Crippen molar-refractivity contribution in [3.05, 3.63) is 77.3 Å². The van der Waals surface area contributed by atoms with Gasteiger partial charge in [0.1, 0.15) is 5.25 Å². The molecule has 7 nitrogen and oxygen atoms in total. The van der Waals surface area contributed by atoms with Gasteiger partial charge >= 0.3 is 0 Å². The van der Waals surface area contributed by atoms with Crippen LogP contribution >= 0.6 is 11.8 Å². The number of carbonyl (C=O) groups is 1. The Kier molecular flexibility index (Phi) is 6.31. The summed E-state index contributed by atoms with van der Waals surface area (Å²) in [5.41, 5.74) is 3.62. The third-order valence-electron chi connectivity index (χ3n) is 6.25. The third-order valence-corrected chi connectivity index (χ3v) is 9.17. The molecule has 1 aliphatic heterocycles. The number of H-pyrrole nitrogens is 1. The fourth-order valence-corrected chi connectivity index (χ4v) is 7.33. The predicted octanol–water partition coefficient (Wildman–Crippen LogP) is 4.81. The van der Waals surface area contributed by atoms with Gasteiger partial charge in [-0.3, -0.25) is 4.79 Å². The largest absolute Gasteiger partial charge is 0.416 e. The number of nitrogens with zero attached hydrogens (tertiary/aromatic N) is 2. The molecule has 0 amide bonds. The number of thioether (sulfide) groups is 1. The maximum absolute atomic E-state index is 13.8. The molecule has 1 saturated heterocycles. The van der Waals surface area contributed by atoms with E-state index in [1.807, 2.05) is 42.5 Å². The first kappa shape index (κ1) is 22.9. The molecule has 4 aromatic rings. The van der Waals surface area contributed by atoms with E-state index in [9.17, 15) is 13.2 Å². The molecule has 1 N–H and O–H groups in total. The Morgan fingerprint density at radius 1 is 1.18 bits per heavy atom. The van der Waals surface area contributed by atoms with Crippen molar-refractivity contribution in [1.82, 2.24) is 15.2 Å². The number of para-hydroxylation sites is 1. The van der Waals surface area contributed by atoms with Crippen molar-refractivity contribution in [3.8, 4) is 0 Å². The maximum Gasteiger partial charge on any atom is 0.277 e. The van der Waals surface area contributed by atoms with Crippen molar-refractivity contribution < 1.29 is 17.6 Å². The summed E-state index contributed by atoms with van der Waals surface area (Å²) >= 11 is 1.22. The van der Waals surface area contributed by atoms with Gasteiger partial charge in [-0.25, -0.2) is 8.42 Å². The van der Waals surface area contributed by atoms with E-state index in [4.69, 9.17) is 4.42 Å². The van der Waals surface area contributed by atoms with Crippen LogP contribution in [-0.2, 0) is 22.7 Å². The van der Waals surface area contributed by atoms with Crippen LogP contribution in [-0.4, -0.2) is 40.9 Å². The second-order valence-corrected chi connectivity index (χ2v) is 11.9. The van der Waals surface area contributed by atoms with Crippen molar-refractivity contribution >= 4 is 38.3 Å². The number of aromatic nitrogens is 3. The third kappa shape index (κ3) is 4.67. The summed E-state index contributed by atoms with van der Waals surface area (Å²) < 4.78 is 29.3. The second-order valence-electron chi connectivity index (χ2n) is 8.60. The summed E-state index contributed by atoms with van der Waals surface area (Å²) in [4.78, 5) is 17.1. The van der Waals surface area contributed by atoms with Gasteiger partial charge in [-0.05, 0) is 41.6 Å². The van der Waals surface area contributed by atoms with E-state index in [1.165, 1.54) is 11.8 Å². The highest BCUT2D eigenvalue weighted by molar-refractivity contribution is 8.00. The van der Waals surface area contributed by atoms with Crippen LogP contribution in [0.4, 0.5) is 0 Å². The lowest BCUT2D eigenvalue weighted by molar-refractivity contribution is 0.0990. The lowest BCUT2D eigenvalue weighted by Gasteiger charge is -2.13. The smallest absolute Gasteiger partial charge is 0.277 e. The molecule has 0 bridgehead atoms. The minimum absolute atomic E-state index is 0.00571. The zero-order valence-corrected chi connectivity index (χ0v) is 20.4. The number of aromatic amines is 1. The van der Waals surface area contributed by atoms with Gasteiger partial charge in [0.25, 0.3) is 5.22 Å². The van der Waals surface area contributed by atoms with E-state index in [-0.39, 0.29) is 23.2 Å². The molecule has 0 saturated carbocycles. The zero-order chi connectivity index (χ0) is 23.7. The van der Waals surface area contributed by atoms with Gasteiger partial charge in [0, 0.05) is 29.1 Å². The number of aryl methyl sites for hydroxylation is 1. The molecule has 0 unspecified atom stereocenters. The molecule has 9 heteroatoms. The molecule has 0 radical (unpaired) electrons. The molecular weight excluding hydrogens is 470 g/mol. The highest BCUT2D eigenvalue weighted by Crippen LogP contribution is 2.39. The molecule has 1 aliphatic rings. The van der Waals surface area contributed by atoms with Crippen molar-refractivity contribution in [2.45, 2.75) is 36.7 Å². The van der Waals surface area contributed by atoms with Crippen LogP contribution < -0.4 is 0 Å². The number of benzene rings is 2. The predicted molar refractivity (Wildman–Crippen MR) is 132 cm³/mol. The Labute approximate surface area is 202 Å². The van der Waals surface area contributed by atoms with Gasteiger partial charge in [0.05, 0.1) is 11.5 Å². The number of sulfone groups is 1. The molecule has 2 aromatic heterocycles. The zero-order valence-electron chi connectivity index (χ0n) is 18.7. The van der Waals surface area contributed by atoms with Crippen LogP contribution in [0.25, 0.3) is 10.9 Å². The monoisotopic (exact) mass is 495 g/mol. The minimum atomic E-state index is -2.97. The summed E-state index contributed by atoms with van der Waals surface area (Å²) in [6.07, 6.45) is 3.69. The number of hydrogen-bond acceptors (Lipinski definition) is 7. The molecule has 2 atom stereocenters. The Balaban J connectivity index is 1.42. The van der Waals surface area contributed by atoms with Crippen molar-refractivity contribution in [2.75, 3.05) is 11.5 Å². The number of nitrogens with one attached hydrogen (secondary N) is 1. The lowest BCUT2D eigenvalue weighted by atomic mass is 10.0. The number of carbonyl (C=O) groups excluding carboxylic acids is 1. The summed E-state index contributed by atoms with van der Waals surface area (Å²) in [7, 11) is -2.97. The minimum Gasteiger partial charge on any atom is -0.416 e. The van der Waals surface area contributed by atoms with Gasteiger partial charge in [-0.1, -0.05) is 55.5 Å². The Morgan fingerprint density at radius 3 is 2.74 bits per heavy atom. The number of hydrogen-bond donors (Lipinski definition) is 1. The first-order valence-corrected chi connectivity index (χ1v) is 14.0. The fourth-order valence-electron chi connectivity index (χ4n) is 4.51. The normalized spacial score (nSPS) is 18.3. The van der Waals surface area contributed by atoms with Crippen LogP contribution in [0.1, 0.15) is 46.0 Å². The van der Waals surface area contributed by atoms with Crippen molar-refractivity contribution in [1.29, 1.82) is 0 Å². The topological polar surface area (TPSA) is 106 Å². The molecule has 0 aliphatic carbocycles. The SMILES string of the molecule is CCc1cccc2c(C(=O)[C@H](Sc3nnc(C[C@@H]4CCS(=O)(=O)C4)o3)c3ccccc3)c[nH]c12. The van der Waals surface area contributed by atoms with Gasteiger partial charge in [0.2, 0.25) is 5.89 Å². The van der Waals surface area contributed by atoms with Crippen LogP contribution in [0.5, 0.6) is 0 Å². The van der Waals surface area contributed by atoms with Crippen LogP contribution in [0.2, 0.25) is 0 Å². The standard InChI is InChI=1S/C25H25N3O4S2/c1-2-17-9-6-10-19-20(14-26-22(17)19)23(29)24(18-7-4-3-5-8-18)33-25-28-27-21(32-25)13-16-11-12-34(30,31)15-16/h3-10,14,16,24,26H,2,11-13,15H2,1H3/t16-,24+/m0/s1. The van der Waals surface area contributed by atoms with Gasteiger partial charge in [0.15, 0.2) is 15.6 Å². The molecule has 3 heterocycles. The number of Topliss-reactive ketones (excluding diaryl/α,β-unsaturated/α-hetero) is 1. The highest BCUT2D eigenvalue weighted by atomic mass is 32.2. The molecule has 5 rings (SSSR count). The first-order chi connectivity index (χ1) is 16.4. The molecule has 0 spiro atoms. The molecule has 176 valence electrons. The summed E-state index contributed by atoms with van der Waals surface area (Å²) in [5.74, 6) is 0.723. The van der Waals surface area contributed by atoms with E-state index in [2.05, 4.69) is 28.2 Å². The van der Waals surface area contributed by atoms with E-state index in [1.54, 1.807) is 6.20 Å². The molecular formula is C25H25N3O4S2. The van der Waals surface area contributed by atoms with Crippen LogP contribution in [0.3, 0.4) is 0 Å². The lowest BCUT2D eigenvalue weighted by Crippen LogP contribution is -2.09. The average Bonchev–Trinajstić information content (AvgIpc) is 3.56. The van der Waals surface area contributed by atoms with Crippen LogP contribution in [0, 0.1) is 5.92 Å². The van der Waals surface area contributed by atoms with Gasteiger partial charge < -0.3 is 9.40 Å². The summed E-state index contributed by atoms with van der Waals surface area (Å²) in [5, 5.41) is 8.91. The average molecular weight is 496 g/mol. The maximum atomic E-state index is 13.8. The highest BCUT2D eigenvalue weighted by Gasteiger charge is 2.31. The van der Waals surface area contributed by atoms with E-state index in [0.717, 1.165) is 28.5 Å². The Hall–Kier alpha value is -2.91. The summed E-state index contributed by atoms with van der Waals surface area (Å²) in [6, 6.07) is 15.6. The fraction of sp³-hybridized carbons (Fsp3) is 0.320. The second kappa shape index (κ2) is 9.38. The van der Waals surface area contributed by atoms with Crippen LogP contribution in [0.15, 0.2) is 64.4 Å². The van der Waals surface area contributed by atoms with Crippen molar-refractivity contribution in [2.24, 2.45) is 5.92 Å². The molecule has 1 fully saturated rings. The van der Waals surface area contributed by atoms with E-state index >= 15 is 0 Å². The quantitative estimate of drug-likeness (QED) is 0.276. The van der Waals surface area contributed by atoms with E-state index < -0.39 is 15.1 Å². The first-order valence-electron chi connectivity index (χ1n) is 11.3. The van der Waals surface area contributed by atoms with Gasteiger partial charge in [-0.2, -0.15) is 0 Å². The molecule has 2 aromatic carbocycles. The number of ketones is 1. The molecule has 34 heavy (non-hydrogen) atoms. The van der Waals surface area contributed by atoms with E-state index in [0.29, 0.717) is 29.5 Å².